The third-order valence-electron chi connectivity index (χ3n) is 3.17. The molecule has 2 aliphatic rings. The van der Waals surface area contributed by atoms with Crippen molar-refractivity contribution in [1.82, 2.24) is 0 Å². The van der Waals surface area contributed by atoms with E-state index >= 15 is 0 Å². The van der Waals surface area contributed by atoms with Gasteiger partial charge in [-0.25, -0.2) is 0 Å². The van der Waals surface area contributed by atoms with E-state index < -0.39 is 0 Å². The van der Waals surface area contributed by atoms with Crippen molar-refractivity contribution >= 4 is 12.6 Å². The topological polar surface area (TPSA) is 27.7 Å². The molecule has 0 saturated carbocycles. The third kappa shape index (κ3) is 2.27. The van der Waals surface area contributed by atoms with Crippen molar-refractivity contribution in [3.8, 4) is 5.75 Å². The lowest BCUT2D eigenvalue weighted by Crippen LogP contribution is -2.40. The van der Waals surface area contributed by atoms with E-state index in [1.54, 1.807) is 0 Å². The van der Waals surface area contributed by atoms with Crippen LogP contribution in [0.2, 0.25) is 0 Å². The van der Waals surface area contributed by atoms with Crippen LogP contribution >= 0.6 is 0 Å². The van der Waals surface area contributed by atoms with Crippen molar-refractivity contribution in [3.63, 3.8) is 0 Å². The molecule has 4 heteroatoms. The maximum absolute atomic E-state index is 5.93. The SMILES string of the molecule is CC.Cc1ccc2c3c1COB3OC(C)(C)CO2. The molecule has 1 aromatic rings. The molecule has 0 spiro atoms. The van der Waals surface area contributed by atoms with Crippen molar-refractivity contribution in [3.05, 3.63) is 23.3 Å². The fraction of sp³-hybridized carbons (Fsp3) is 0.571. The molecule has 2 aliphatic heterocycles. The van der Waals surface area contributed by atoms with E-state index in [1.165, 1.54) is 11.1 Å². The summed E-state index contributed by atoms with van der Waals surface area (Å²) in [6, 6.07) is 4.10. The zero-order chi connectivity index (χ0) is 13.3. The highest BCUT2D eigenvalue weighted by Gasteiger charge is 2.42. The van der Waals surface area contributed by atoms with Gasteiger partial charge >= 0.3 is 7.12 Å². The molecule has 3 rings (SSSR count). The molecule has 0 radical (unpaired) electrons. The molecule has 98 valence electrons. The maximum atomic E-state index is 5.93. The first-order valence-corrected chi connectivity index (χ1v) is 6.61. The fourth-order valence-electron chi connectivity index (χ4n) is 2.24. The Morgan fingerprint density at radius 2 is 1.94 bits per heavy atom. The standard InChI is InChI=1S/C12H15BO3.C2H6/c1-8-4-5-10-11-9(8)6-15-13(11)16-12(2,3)7-14-10;1-2/h4-5H,6-7H2,1-3H3;1-2H3. The van der Waals surface area contributed by atoms with Crippen LogP contribution in [0, 0.1) is 6.92 Å². The zero-order valence-electron chi connectivity index (χ0n) is 11.9. The van der Waals surface area contributed by atoms with Crippen molar-refractivity contribution in [2.24, 2.45) is 0 Å². The highest BCUT2D eigenvalue weighted by Crippen LogP contribution is 2.28. The summed E-state index contributed by atoms with van der Waals surface area (Å²) in [5.74, 6) is 0.911. The molecule has 0 unspecified atom stereocenters. The first-order chi connectivity index (χ1) is 8.57. The second-order valence-corrected chi connectivity index (χ2v) is 5.08. The van der Waals surface area contributed by atoms with Gasteiger partial charge in [0.05, 0.1) is 12.2 Å². The van der Waals surface area contributed by atoms with E-state index in [9.17, 15) is 0 Å². The zero-order valence-corrected chi connectivity index (χ0v) is 11.9. The minimum absolute atomic E-state index is 0.262. The highest BCUT2D eigenvalue weighted by molar-refractivity contribution is 6.64. The van der Waals surface area contributed by atoms with E-state index in [4.69, 9.17) is 14.0 Å². The van der Waals surface area contributed by atoms with E-state index in [1.807, 2.05) is 33.8 Å². The molecule has 18 heavy (non-hydrogen) atoms. The predicted octanol–water partition coefficient (Wildman–Crippen LogP) is 2.43. The van der Waals surface area contributed by atoms with Gasteiger partial charge in [0.15, 0.2) is 0 Å². The summed E-state index contributed by atoms with van der Waals surface area (Å²) in [5.41, 5.74) is 3.25. The van der Waals surface area contributed by atoms with Crippen molar-refractivity contribution < 1.29 is 14.0 Å². The van der Waals surface area contributed by atoms with Gasteiger partial charge in [0, 0.05) is 5.46 Å². The summed E-state index contributed by atoms with van der Waals surface area (Å²) in [6.45, 7) is 11.3. The highest BCUT2D eigenvalue weighted by atomic mass is 16.6. The minimum atomic E-state index is -0.306. The Bertz CT molecular complexity index is 443. The summed E-state index contributed by atoms with van der Waals surface area (Å²) in [4.78, 5) is 0. The summed E-state index contributed by atoms with van der Waals surface area (Å²) in [7, 11) is -0.262. The summed E-state index contributed by atoms with van der Waals surface area (Å²) in [5, 5.41) is 0. The van der Waals surface area contributed by atoms with Gasteiger partial charge in [-0.05, 0) is 38.0 Å². The molecule has 0 fully saturated rings. The van der Waals surface area contributed by atoms with Gasteiger partial charge in [0.25, 0.3) is 0 Å². The van der Waals surface area contributed by atoms with E-state index in [0.29, 0.717) is 13.2 Å². The minimum Gasteiger partial charge on any atom is -0.491 e. The maximum Gasteiger partial charge on any atom is 0.498 e. The average Bonchev–Trinajstić information content (AvgIpc) is 2.70. The third-order valence-corrected chi connectivity index (χ3v) is 3.17. The predicted molar refractivity (Wildman–Crippen MR) is 73.4 cm³/mol. The molecule has 2 heterocycles. The molecule has 0 aliphatic carbocycles. The van der Waals surface area contributed by atoms with Gasteiger partial charge in [-0.2, -0.15) is 0 Å². The van der Waals surface area contributed by atoms with Crippen LogP contribution in [0.4, 0.5) is 0 Å². The molecule has 0 aromatic heterocycles. The number of benzene rings is 1. The van der Waals surface area contributed by atoms with Gasteiger partial charge < -0.3 is 14.0 Å². The van der Waals surface area contributed by atoms with Crippen LogP contribution in [0.25, 0.3) is 0 Å². The lowest BCUT2D eigenvalue weighted by molar-refractivity contribution is 0.0352. The summed E-state index contributed by atoms with van der Waals surface area (Å²) >= 11 is 0. The number of hydrogen-bond donors (Lipinski definition) is 0. The van der Waals surface area contributed by atoms with Gasteiger partial charge in [-0.15, -0.1) is 0 Å². The Balaban J connectivity index is 0.000000574. The molecule has 0 saturated heterocycles. The average molecular weight is 248 g/mol. The van der Waals surface area contributed by atoms with Crippen LogP contribution < -0.4 is 10.2 Å². The van der Waals surface area contributed by atoms with E-state index in [2.05, 4.69) is 13.0 Å². The largest absolute Gasteiger partial charge is 0.498 e. The number of hydrogen-bond acceptors (Lipinski definition) is 3. The van der Waals surface area contributed by atoms with Crippen LogP contribution in [-0.4, -0.2) is 19.3 Å². The van der Waals surface area contributed by atoms with Gasteiger partial charge in [-0.1, -0.05) is 19.9 Å². The van der Waals surface area contributed by atoms with Crippen LogP contribution in [0.5, 0.6) is 5.75 Å². The van der Waals surface area contributed by atoms with Gasteiger partial charge in [0.2, 0.25) is 0 Å². The normalized spacial score (nSPS) is 19.3. The monoisotopic (exact) mass is 248 g/mol. The fourth-order valence-corrected chi connectivity index (χ4v) is 2.24. The second kappa shape index (κ2) is 4.94. The lowest BCUT2D eigenvalue weighted by Gasteiger charge is -2.24. The van der Waals surface area contributed by atoms with Crippen molar-refractivity contribution in [1.29, 1.82) is 0 Å². The summed E-state index contributed by atoms with van der Waals surface area (Å²) < 4.78 is 17.4. The smallest absolute Gasteiger partial charge is 0.491 e. The van der Waals surface area contributed by atoms with Crippen LogP contribution in [-0.2, 0) is 15.9 Å². The first-order valence-electron chi connectivity index (χ1n) is 6.61. The molecule has 0 atom stereocenters. The van der Waals surface area contributed by atoms with E-state index in [0.717, 1.165) is 11.2 Å². The van der Waals surface area contributed by atoms with Gasteiger partial charge in [0.1, 0.15) is 12.4 Å². The molecule has 3 nitrogen and oxygen atoms in total. The van der Waals surface area contributed by atoms with Crippen molar-refractivity contribution in [2.45, 2.75) is 46.8 Å². The molecular weight excluding hydrogens is 227 g/mol. The number of aryl methyl sites for hydroxylation is 1. The molecule has 0 N–H and O–H groups in total. The molecule has 0 amide bonds. The first kappa shape index (κ1) is 13.4. The number of rotatable bonds is 0. The number of ether oxygens (including phenoxy) is 1. The Labute approximate surface area is 110 Å². The van der Waals surface area contributed by atoms with Crippen molar-refractivity contribution in [2.75, 3.05) is 6.61 Å². The lowest BCUT2D eigenvalue weighted by atomic mass is 9.76. The summed E-state index contributed by atoms with van der Waals surface area (Å²) in [6.07, 6.45) is 0. The van der Waals surface area contributed by atoms with Crippen LogP contribution in [0.15, 0.2) is 12.1 Å². The van der Waals surface area contributed by atoms with Crippen LogP contribution in [0.3, 0.4) is 0 Å². The quantitative estimate of drug-likeness (QED) is 0.660. The second-order valence-electron chi connectivity index (χ2n) is 5.08. The molecule has 1 aromatic carbocycles. The molecule has 0 bridgehead atoms. The Morgan fingerprint density at radius 1 is 1.22 bits per heavy atom. The van der Waals surface area contributed by atoms with Crippen LogP contribution in [0.1, 0.15) is 38.8 Å². The van der Waals surface area contributed by atoms with Gasteiger partial charge in [-0.3, -0.25) is 0 Å². The van der Waals surface area contributed by atoms with E-state index in [-0.39, 0.29) is 12.7 Å². The Hall–Kier alpha value is -0.995. The Morgan fingerprint density at radius 3 is 2.67 bits per heavy atom. The Kier molecular flexibility index (Phi) is 3.69. The molecular formula is C14H21BO3.